The molecule has 0 bridgehead atoms. The average molecular weight is 166 g/mol. The van der Waals surface area contributed by atoms with Crippen molar-refractivity contribution in [3.8, 4) is 0 Å². The molecule has 0 aliphatic heterocycles. The largest absolute Gasteiger partial charge is 0.390 e. The van der Waals surface area contributed by atoms with Gasteiger partial charge in [-0.2, -0.15) is 0 Å². The van der Waals surface area contributed by atoms with Gasteiger partial charge in [0.1, 0.15) is 0 Å². The van der Waals surface area contributed by atoms with Gasteiger partial charge in [0, 0.05) is 0 Å². The SMILES string of the molecule is C[C@H]1C[C@H]2C=CC[C@H]2C[C@@]1(C)O. The fraction of sp³-hybridized carbons (Fsp3) is 0.818. The van der Waals surface area contributed by atoms with Crippen LogP contribution >= 0.6 is 0 Å². The lowest BCUT2D eigenvalue weighted by atomic mass is 9.68. The quantitative estimate of drug-likeness (QED) is 0.548. The summed E-state index contributed by atoms with van der Waals surface area (Å²) < 4.78 is 0. The number of rotatable bonds is 0. The minimum absolute atomic E-state index is 0.410. The predicted octanol–water partition coefficient (Wildman–Crippen LogP) is 2.36. The Hall–Kier alpha value is -0.300. The third-order valence-corrected chi connectivity index (χ3v) is 3.79. The van der Waals surface area contributed by atoms with E-state index in [-0.39, 0.29) is 0 Å². The van der Waals surface area contributed by atoms with Crippen LogP contribution in [-0.2, 0) is 0 Å². The Morgan fingerprint density at radius 2 is 2.25 bits per heavy atom. The average Bonchev–Trinajstić information content (AvgIpc) is 2.35. The Kier molecular flexibility index (Phi) is 1.80. The number of allylic oxidation sites excluding steroid dienone is 2. The molecule has 1 saturated carbocycles. The lowest BCUT2D eigenvalue weighted by molar-refractivity contribution is -0.0529. The first-order valence-electron chi connectivity index (χ1n) is 4.98. The van der Waals surface area contributed by atoms with Crippen LogP contribution in [0.1, 0.15) is 33.1 Å². The maximum atomic E-state index is 10.1. The second kappa shape index (κ2) is 2.59. The van der Waals surface area contributed by atoms with Gasteiger partial charge in [-0.05, 0) is 43.9 Å². The highest BCUT2D eigenvalue weighted by Crippen LogP contribution is 2.45. The van der Waals surface area contributed by atoms with E-state index in [1.165, 1.54) is 12.8 Å². The van der Waals surface area contributed by atoms with Gasteiger partial charge in [-0.3, -0.25) is 0 Å². The van der Waals surface area contributed by atoms with E-state index in [4.69, 9.17) is 0 Å². The molecule has 0 radical (unpaired) electrons. The van der Waals surface area contributed by atoms with E-state index in [9.17, 15) is 5.11 Å². The van der Waals surface area contributed by atoms with Crippen molar-refractivity contribution in [3.63, 3.8) is 0 Å². The molecule has 1 heteroatoms. The molecule has 0 heterocycles. The smallest absolute Gasteiger partial charge is 0.0648 e. The van der Waals surface area contributed by atoms with Crippen LogP contribution in [0.15, 0.2) is 12.2 Å². The molecule has 1 fully saturated rings. The fourth-order valence-corrected chi connectivity index (χ4v) is 2.66. The van der Waals surface area contributed by atoms with E-state index >= 15 is 0 Å². The van der Waals surface area contributed by atoms with Crippen LogP contribution in [0.3, 0.4) is 0 Å². The Bertz CT molecular complexity index is 205. The van der Waals surface area contributed by atoms with Gasteiger partial charge < -0.3 is 5.11 Å². The Morgan fingerprint density at radius 1 is 1.50 bits per heavy atom. The molecule has 0 aromatic carbocycles. The summed E-state index contributed by atoms with van der Waals surface area (Å²) in [6.07, 6.45) is 7.98. The maximum absolute atomic E-state index is 10.1. The van der Waals surface area contributed by atoms with Crippen molar-refractivity contribution >= 4 is 0 Å². The number of hydrogen-bond donors (Lipinski definition) is 1. The zero-order valence-corrected chi connectivity index (χ0v) is 7.96. The van der Waals surface area contributed by atoms with E-state index in [0.29, 0.717) is 5.92 Å². The third kappa shape index (κ3) is 1.20. The molecule has 2 aliphatic carbocycles. The molecular formula is C11H18O. The Labute approximate surface area is 74.5 Å². The van der Waals surface area contributed by atoms with Crippen molar-refractivity contribution in [1.29, 1.82) is 0 Å². The van der Waals surface area contributed by atoms with Gasteiger partial charge in [-0.25, -0.2) is 0 Å². The predicted molar refractivity (Wildman–Crippen MR) is 49.8 cm³/mol. The summed E-state index contributed by atoms with van der Waals surface area (Å²) in [5.41, 5.74) is -0.410. The van der Waals surface area contributed by atoms with Gasteiger partial charge >= 0.3 is 0 Å². The molecule has 0 unspecified atom stereocenters. The highest BCUT2D eigenvalue weighted by atomic mass is 16.3. The van der Waals surface area contributed by atoms with Crippen LogP contribution < -0.4 is 0 Å². The van der Waals surface area contributed by atoms with Crippen LogP contribution in [0.4, 0.5) is 0 Å². The van der Waals surface area contributed by atoms with Gasteiger partial charge in [0.2, 0.25) is 0 Å². The van der Waals surface area contributed by atoms with Crippen LogP contribution in [-0.4, -0.2) is 10.7 Å². The molecule has 12 heavy (non-hydrogen) atoms. The molecule has 0 saturated heterocycles. The molecule has 2 rings (SSSR count). The lowest BCUT2D eigenvalue weighted by Gasteiger charge is -2.41. The zero-order chi connectivity index (χ0) is 8.77. The van der Waals surface area contributed by atoms with Crippen molar-refractivity contribution < 1.29 is 5.11 Å². The summed E-state index contributed by atoms with van der Waals surface area (Å²) in [5.74, 6) is 1.96. The van der Waals surface area contributed by atoms with Crippen LogP contribution in [0, 0.1) is 17.8 Å². The van der Waals surface area contributed by atoms with Gasteiger partial charge in [0.15, 0.2) is 0 Å². The summed E-state index contributed by atoms with van der Waals surface area (Å²) in [6, 6.07) is 0. The number of hydrogen-bond acceptors (Lipinski definition) is 1. The highest BCUT2D eigenvalue weighted by molar-refractivity contribution is 5.07. The summed E-state index contributed by atoms with van der Waals surface area (Å²) >= 11 is 0. The van der Waals surface area contributed by atoms with E-state index in [1.54, 1.807) is 0 Å². The monoisotopic (exact) mass is 166 g/mol. The molecule has 68 valence electrons. The van der Waals surface area contributed by atoms with Gasteiger partial charge in [-0.1, -0.05) is 19.1 Å². The van der Waals surface area contributed by atoms with Crippen molar-refractivity contribution in [3.05, 3.63) is 12.2 Å². The van der Waals surface area contributed by atoms with Gasteiger partial charge in [-0.15, -0.1) is 0 Å². The number of fused-ring (bicyclic) bond motifs is 1. The molecule has 0 aromatic rings. The standard InChI is InChI=1S/C11H18O/c1-8-6-9-4-3-5-10(9)7-11(8,2)12/h3-4,8-10,12H,5-7H2,1-2H3/t8-,9+,10-,11+/m0/s1. The van der Waals surface area contributed by atoms with Crippen LogP contribution in [0.25, 0.3) is 0 Å². The first-order chi connectivity index (χ1) is 5.59. The molecule has 0 spiro atoms. The molecule has 2 aliphatic rings. The topological polar surface area (TPSA) is 20.2 Å². The normalized spacial score (nSPS) is 52.4. The first kappa shape index (κ1) is 8.31. The van der Waals surface area contributed by atoms with Crippen LogP contribution in [0.2, 0.25) is 0 Å². The molecule has 0 amide bonds. The van der Waals surface area contributed by atoms with E-state index in [1.807, 2.05) is 6.92 Å². The van der Waals surface area contributed by atoms with Crippen molar-refractivity contribution in [2.24, 2.45) is 17.8 Å². The Balaban J connectivity index is 2.12. The van der Waals surface area contributed by atoms with Crippen molar-refractivity contribution in [2.75, 3.05) is 0 Å². The summed E-state index contributed by atoms with van der Waals surface area (Å²) in [7, 11) is 0. The van der Waals surface area contributed by atoms with E-state index in [2.05, 4.69) is 19.1 Å². The van der Waals surface area contributed by atoms with Gasteiger partial charge in [0.05, 0.1) is 5.60 Å². The zero-order valence-electron chi connectivity index (χ0n) is 7.96. The van der Waals surface area contributed by atoms with Crippen molar-refractivity contribution in [1.82, 2.24) is 0 Å². The fourth-order valence-electron chi connectivity index (χ4n) is 2.66. The lowest BCUT2D eigenvalue weighted by Crippen LogP contribution is -2.41. The molecular weight excluding hydrogens is 148 g/mol. The Morgan fingerprint density at radius 3 is 3.00 bits per heavy atom. The van der Waals surface area contributed by atoms with Gasteiger partial charge in [0.25, 0.3) is 0 Å². The summed E-state index contributed by atoms with van der Waals surface area (Å²) in [6.45, 7) is 4.16. The second-order valence-electron chi connectivity index (χ2n) is 4.79. The molecule has 1 nitrogen and oxygen atoms in total. The number of aliphatic hydroxyl groups is 1. The summed E-state index contributed by atoms with van der Waals surface area (Å²) in [5, 5.41) is 10.1. The minimum Gasteiger partial charge on any atom is -0.390 e. The van der Waals surface area contributed by atoms with E-state index < -0.39 is 5.60 Å². The first-order valence-corrected chi connectivity index (χ1v) is 4.98. The highest BCUT2D eigenvalue weighted by Gasteiger charge is 2.41. The maximum Gasteiger partial charge on any atom is 0.0648 e. The second-order valence-corrected chi connectivity index (χ2v) is 4.79. The molecule has 0 aromatic heterocycles. The van der Waals surface area contributed by atoms with Crippen LogP contribution in [0.5, 0.6) is 0 Å². The third-order valence-electron chi connectivity index (χ3n) is 3.79. The van der Waals surface area contributed by atoms with E-state index in [0.717, 1.165) is 18.3 Å². The minimum atomic E-state index is -0.410. The molecule has 1 N–H and O–H groups in total. The van der Waals surface area contributed by atoms with Crippen molar-refractivity contribution in [2.45, 2.75) is 38.7 Å². The summed E-state index contributed by atoms with van der Waals surface area (Å²) in [4.78, 5) is 0. The molecule has 4 atom stereocenters.